The van der Waals surface area contributed by atoms with Gasteiger partial charge in [-0.05, 0) is 61.2 Å². The van der Waals surface area contributed by atoms with Crippen LogP contribution in [0.15, 0.2) is 67.3 Å². The lowest BCUT2D eigenvalue weighted by Crippen LogP contribution is -2.33. The number of oxazole rings is 1. The van der Waals surface area contributed by atoms with Gasteiger partial charge in [0.1, 0.15) is 0 Å². The van der Waals surface area contributed by atoms with Gasteiger partial charge in [-0.15, -0.1) is 0 Å². The van der Waals surface area contributed by atoms with Crippen LogP contribution >= 0.6 is 27.5 Å². The second-order valence-corrected chi connectivity index (χ2v) is 10.5. The van der Waals surface area contributed by atoms with E-state index in [1.165, 1.54) is 0 Å². The van der Waals surface area contributed by atoms with Gasteiger partial charge in [0.25, 0.3) is 0 Å². The smallest absolute Gasteiger partial charge is 0.236 e. The third kappa shape index (κ3) is 4.22. The van der Waals surface area contributed by atoms with E-state index < -0.39 is 9.84 Å². The van der Waals surface area contributed by atoms with Gasteiger partial charge in [-0.3, -0.25) is 0 Å². The summed E-state index contributed by atoms with van der Waals surface area (Å²) in [7, 11) is -3.85. The third-order valence-electron chi connectivity index (χ3n) is 5.10. The van der Waals surface area contributed by atoms with Crippen LogP contribution in [0, 0.1) is 5.92 Å². The second-order valence-electron chi connectivity index (χ2n) is 7.27. The predicted octanol–water partition coefficient (Wildman–Crippen LogP) is 5.83. The van der Waals surface area contributed by atoms with Crippen LogP contribution in [0.2, 0.25) is 5.02 Å². The Hall–Kier alpha value is -1.83. The zero-order chi connectivity index (χ0) is 20.6. The molecule has 0 atom stereocenters. The van der Waals surface area contributed by atoms with Crippen LogP contribution in [-0.4, -0.2) is 26.5 Å². The normalized spacial score (nSPS) is 15.6. The number of anilines is 1. The Morgan fingerprint density at radius 1 is 1.14 bits per heavy atom. The van der Waals surface area contributed by atoms with Gasteiger partial charge >= 0.3 is 0 Å². The van der Waals surface area contributed by atoms with Crippen LogP contribution in [-0.2, 0) is 9.84 Å². The van der Waals surface area contributed by atoms with Crippen molar-refractivity contribution >= 4 is 43.3 Å². The van der Waals surface area contributed by atoms with E-state index in [4.69, 9.17) is 16.0 Å². The van der Waals surface area contributed by atoms with E-state index in [0.717, 1.165) is 30.4 Å². The number of piperidine rings is 1. The number of halogens is 2. The van der Waals surface area contributed by atoms with Crippen molar-refractivity contribution < 1.29 is 12.8 Å². The fraction of sp³-hybridized carbons (Fsp3) is 0.286. The maximum atomic E-state index is 13.4. The molecule has 1 aliphatic rings. The van der Waals surface area contributed by atoms with Gasteiger partial charge in [-0.25, -0.2) is 8.42 Å². The van der Waals surface area contributed by atoms with Gasteiger partial charge < -0.3 is 9.32 Å². The third-order valence-corrected chi connectivity index (χ3v) is 7.53. The summed E-state index contributed by atoms with van der Waals surface area (Å²) in [6.07, 6.45) is 1.95. The van der Waals surface area contributed by atoms with Crippen molar-refractivity contribution in [2.45, 2.75) is 29.7 Å². The van der Waals surface area contributed by atoms with Crippen molar-refractivity contribution in [2.75, 3.05) is 18.0 Å². The Balaban J connectivity index is 1.83. The Kier molecular flexibility index (Phi) is 5.73. The number of aromatic nitrogens is 1. The Labute approximate surface area is 183 Å². The standard InChI is InChI=1S/C21H20BrClN2O3S/c1-14-9-11-25(12-10-14)21-20(29(26,27)18-7-5-16(22)6-8-18)24-19(28-21)15-3-2-4-17(23)13-15/h2-8,13-14H,9-12H2,1H3. The summed E-state index contributed by atoms with van der Waals surface area (Å²) in [5, 5.41) is 0.482. The molecular formula is C21H20BrClN2O3S. The second kappa shape index (κ2) is 8.13. The number of rotatable bonds is 4. The molecule has 0 radical (unpaired) electrons. The van der Waals surface area contributed by atoms with Gasteiger partial charge in [0.05, 0.1) is 4.90 Å². The van der Waals surface area contributed by atoms with E-state index in [1.54, 1.807) is 48.5 Å². The van der Waals surface area contributed by atoms with Crippen LogP contribution < -0.4 is 4.90 Å². The van der Waals surface area contributed by atoms with Gasteiger partial charge in [0.15, 0.2) is 0 Å². The highest BCUT2D eigenvalue weighted by Gasteiger charge is 2.32. The van der Waals surface area contributed by atoms with Crippen molar-refractivity contribution in [2.24, 2.45) is 5.92 Å². The zero-order valence-electron chi connectivity index (χ0n) is 15.8. The first-order valence-electron chi connectivity index (χ1n) is 9.37. The molecule has 0 N–H and O–H groups in total. The fourth-order valence-corrected chi connectivity index (χ4v) is 5.13. The summed E-state index contributed by atoms with van der Waals surface area (Å²) in [5.41, 5.74) is 0.640. The van der Waals surface area contributed by atoms with Crippen molar-refractivity contribution in [3.63, 3.8) is 0 Å². The Bertz CT molecular complexity index is 1120. The molecule has 1 saturated heterocycles. The first-order valence-corrected chi connectivity index (χ1v) is 12.0. The molecule has 0 saturated carbocycles. The van der Waals surface area contributed by atoms with Crippen molar-refractivity contribution in [3.8, 4) is 11.5 Å². The Morgan fingerprint density at radius 3 is 2.48 bits per heavy atom. The van der Waals surface area contributed by atoms with E-state index in [9.17, 15) is 8.42 Å². The summed E-state index contributed by atoms with van der Waals surface area (Å²) in [6, 6.07) is 13.6. The monoisotopic (exact) mass is 494 g/mol. The number of hydrogen-bond donors (Lipinski definition) is 0. The average molecular weight is 496 g/mol. The molecule has 3 aromatic rings. The van der Waals surface area contributed by atoms with Gasteiger partial charge in [-0.1, -0.05) is 40.5 Å². The molecule has 29 heavy (non-hydrogen) atoms. The molecule has 2 heterocycles. The molecule has 0 amide bonds. The highest BCUT2D eigenvalue weighted by molar-refractivity contribution is 9.10. The van der Waals surface area contributed by atoms with E-state index >= 15 is 0 Å². The van der Waals surface area contributed by atoms with Crippen LogP contribution in [0.1, 0.15) is 19.8 Å². The predicted molar refractivity (Wildman–Crippen MR) is 117 cm³/mol. The van der Waals surface area contributed by atoms with Crippen LogP contribution in [0.4, 0.5) is 5.88 Å². The van der Waals surface area contributed by atoms with Gasteiger partial charge in [0, 0.05) is 28.1 Å². The summed E-state index contributed by atoms with van der Waals surface area (Å²) >= 11 is 9.45. The lowest BCUT2D eigenvalue weighted by molar-refractivity contribution is 0.415. The quantitative estimate of drug-likeness (QED) is 0.456. The molecule has 8 heteroatoms. The SMILES string of the molecule is CC1CCN(c2oc(-c3cccc(Cl)c3)nc2S(=O)(=O)c2ccc(Br)cc2)CC1. The first kappa shape index (κ1) is 20.4. The van der Waals surface area contributed by atoms with E-state index in [0.29, 0.717) is 22.4 Å². The molecule has 0 spiro atoms. The number of benzene rings is 2. The molecule has 5 nitrogen and oxygen atoms in total. The average Bonchev–Trinajstić information content (AvgIpc) is 3.15. The fourth-order valence-electron chi connectivity index (χ4n) is 3.35. The molecule has 152 valence electrons. The minimum absolute atomic E-state index is 0.0515. The largest absolute Gasteiger partial charge is 0.419 e. The molecule has 2 aromatic carbocycles. The van der Waals surface area contributed by atoms with Crippen molar-refractivity contribution in [3.05, 3.63) is 58.0 Å². The highest BCUT2D eigenvalue weighted by atomic mass is 79.9. The number of nitrogens with zero attached hydrogens (tertiary/aromatic N) is 2. The molecule has 1 aromatic heterocycles. The van der Waals surface area contributed by atoms with Crippen LogP contribution in [0.5, 0.6) is 0 Å². The highest BCUT2D eigenvalue weighted by Crippen LogP contribution is 2.37. The molecule has 0 unspecified atom stereocenters. The maximum absolute atomic E-state index is 13.4. The van der Waals surface area contributed by atoms with Crippen molar-refractivity contribution in [1.29, 1.82) is 0 Å². The van der Waals surface area contributed by atoms with E-state index in [2.05, 4.69) is 27.8 Å². The van der Waals surface area contributed by atoms with Gasteiger partial charge in [-0.2, -0.15) is 4.98 Å². The minimum atomic E-state index is -3.85. The lowest BCUT2D eigenvalue weighted by atomic mass is 9.99. The molecule has 4 rings (SSSR count). The van der Waals surface area contributed by atoms with Gasteiger partial charge in [0.2, 0.25) is 26.6 Å². The zero-order valence-corrected chi connectivity index (χ0v) is 19.0. The maximum Gasteiger partial charge on any atom is 0.236 e. The van der Waals surface area contributed by atoms with E-state index in [1.807, 2.05) is 4.90 Å². The molecular weight excluding hydrogens is 476 g/mol. The summed E-state index contributed by atoms with van der Waals surface area (Å²) in [6.45, 7) is 3.66. The molecule has 0 bridgehead atoms. The molecule has 1 aliphatic heterocycles. The van der Waals surface area contributed by atoms with Crippen LogP contribution in [0.3, 0.4) is 0 Å². The summed E-state index contributed by atoms with van der Waals surface area (Å²) in [5.74, 6) is 1.15. The minimum Gasteiger partial charge on any atom is -0.419 e. The Morgan fingerprint density at radius 2 is 1.83 bits per heavy atom. The summed E-state index contributed by atoms with van der Waals surface area (Å²) in [4.78, 5) is 6.58. The number of sulfone groups is 1. The van der Waals surface area contributed by atoms with E-state index in [-0.39, 0.29) is 15.8 Å². The summed E-state index contributed by atoms with van der Waals surface area (Å²) < 4.78 is 33.6. The van der Waals surface area contributed by atoms with Crippen LogP contribution in [0.25, 0.3) is 11.5 Å². The lowest BCUT2D eigenvalue weighted by Gasteiger charge is -2.30. The topological polar surface area (TPSA) is 63.4 Å². The molecule has 0 aliphatic carbocycles. The van der Waals surface area contributed by atoms with Crippen molar-refractivity contribution in [1.82, 2.24) is 4.98 Å². The first-order chi connectivity index (χ1) is 13.8. The molecule has 1 fully saturated rings. The number of hydrogen-bond acceptors (Lipinski definition) is 5.